The predicted molar refractivity (Wildman–Crippen MR) is 62.0 cm³/mol. The first-order valence-corrected chi connectivity index (χ1v) is 5.42. The molecule has 0 N–H and O–H groups in total. The largest absolute Gasteiger partial charge is 0.224 e. The van der Waals surface area contributed by atoms with Gasteiger partial charge in [0.15, 0.2) is 0 Å². The van der Waals surface area contributed by atoms with Crippen molar-refractivity contribution in [3.8, 4) is 0 Å². The quantitative estimate of drug-likeness (QED) is 0.541. The van der Waals surface area contributed by atoms with Crippen LogP contribution in [0.25, 0.3) is 10.9 Å². The van der Waals surface area contributed by atoms with E-state index in [4.69, 9.17) is 23.2 Å². The fourth-order valence-corrected chi connectivity index (χ4v) is 2.24. The molecule has 0 amide bonds. The lowest BCUT2D eigenvalue weighted by molar-refractivity contribution is 1.21. The van der Waals surface area contributed by atoms with Crippen LogP contribution in [0.15, 0.2) is 16.6 Å². The van der Waals surface area contributed by atoms with Gasteiger partial charge in [0.25, 0.3) is 0 Å². The van der Waals surface area contributed by atoms with Crippen molar-refractivity contribution < 1.29 is 0 Å². The average molecular weight is 292 g/mol. The van der Waals surface area contributed by atoms with Gasteiger partial charge in [0, 0.05) is 9.86 Å². The predicted octanol–water partition coefficient (Wildman–Crippen LogP) is 4.01. The standard InChI is InChI=1S/C9H5BrCl2N2/c1-4-2-3-5(10)7-6(4)8(11)14-9(12)13-7/h2-3H,1H3. The molecule has 0 aliphatic heterocycles. The van der Waals surface area contributed by atoms with Crippen LogP contribution in [-0.4, -0.2) is 9.97 Å². The van der Waals surface area contributed by atoms with E-state index in [0.29, 0.717) is 5.15 Å². The Kier molecular flexibility index (Phi) is 2.64. The molecule has 0 atom stereocenters. The maximum atomic E-state index is 5.98. The van der Waals surface area contributed by atoms with Gasteiger partial charge in [-0.1, -0.05) is 17.7 Å². The fraction of sp³-hybridized carbons (Fsp3) is 0.111. The normalized spacial score (nSPS) is 10.9. The highest BCUT2D eigenvalue weighted by Gasteiger charge is 2.09. The first-order valence-electron chi connectivity index (χ1n) is 3.87. The Morgan fingerprint density at radius 3 is 2.64 bits per heavy atom. The lowest BCUT2D eigenvalue weighted by Gasteiger charge is -2.05. The minimum atomic E-state index is 0.161. The first kappa shape index (κ1) is 10.1. The van der Waals surface area contributed by atoms with E-state index in [1.54, 1.807) is 0 Å². The van der Waals surface area contributed by atoms with Crippen molar-refractivity contribution >= 4 is 50.0 Å². The van der Waals surface area contributed by atoms with E-state index in [-0.39, 0.29) is 5.28 Å². The maximum Gasteiger partial charge on any atom is 0.224 e. The lowest BCUT2D eigenvalue weighted by Crippen LogP contribution is -1.90. The number of nitrogens with zero attached hydrogens (tertiary/aromatic N) is 2. The van der Waals surface area contributed by atoms with Crippen molar-refractivity contribution in [2.24, 2.45) is 0 Å². The van der Waals surface area contributed by atoms with Crippen LogP contribution < -0.4 is 0 Å². The molecule has 0 saturated heterocycles. The fourth-order valence-electron chi connectivity index (χ4n) is 1.29. The minimum Gasteiger partial charge on any atom is -0.217 e. The third kappa shape index (κ3) is 1.60. The van der Waals surface area contributed by atoms with E-state index in [1.807, 2.05) is 19.1 Å². The Hall–Kier alpha value is -0.380. The molecule has 0 unspecified atom stereocenters. The molecular formula is C9H5BrCl2N2. The highest BCUT2D eigenvalue weighted by Crippen LogP contribution is 2.30. The molecule has 72 valence electrons. The van der Waals surface area contributed by atoms with Gasteiger partial charge in [-0.15, -0.1) is 0 Å². The van der Waals surface area contributed by atoms with Gasteiger partial charge in [0.2, 0.25) is 5.28 Å². The number of halogens is 3. The molecule has 2 rings (SSSR count). The van der Waals surface area contributed by atoms with Gasteiger partial charge in [-0.2, -0.15) is 0 Å². The summed E-state index contributed by atoms with van der Waals surface area (Å²) in [4.78, 5) is 8.02. The molecule has 0 fully saturated rings. The zero-order valence-electron chi connectivity index (χ0n) is 7.18. The zero-order valence-corrected chi connectivity index (χ0v) is 10.3. The third-order valence-corrected chi connectivity index (χ3v) is 3.02. The second-order valence-electron chi connectivity index (χ2n) is 2.87. The van der Waals surface area contributed by atoms with Crippen molar-refractivity contribution in [1.29, 1.82) is 0 Å². The zero-order chi connectivity index (χ0) is 10.3. The van der Waals surface area contributed by atoms with Crippen molar-refractivity contribution in [2.45, 2.75) is 6.92 Å². The van der Waals surface area contributed by atoms with Crippen molar-refractivity contribution in [1.82, 2.24) is 9.97 Å². The molecule has 14 heavy (non-hydrogen) atoms. The van der Waals surface area contributed by atoms with Crippen molar-refractivity contribution in [3.05, 3.63) is 32.6 Å². The van der Waals surface area contributed by atoms with E-state index >= 15 is 0 Å². The number of fused-ring (bicyclic) bond motifs is 1. The van der Waals surface area contributed by atoms with Gasteiger partial charge in [-0.25, -0.2) is 9.97 Å². The molecule has 0 aliphatic carbocycles. The molecule has 0 spiro atoms. The van der Waals surface area contributed by atoms with Crippen LogP contribution in [0.4, 0.5) is 0 Å². The summed E-state index contributed by atoms with van der Waals surface area (Å²) in [5.41, 5.74) is 1.78. The van der Waals surface area contributed by atoms with Crippen LogP contribution in [0.2, 0.25) is 10.4 Å². The summed E-state index contributed by atoms with van der Waals surface area (Å²) in [6, 6.07) is 3.87. The molecule has 2 nitrogen and oxygen atoms in total. The second-order valence-corrected chi connectivity index (χ2v) is 4.42. The van der Waals surface area contributed by atoms with Gasteiger partial charge < -0.3 is 0 Å². The summed E-state index contributed by atoms with van der Waals surface area (Å²) >= 11 is 15.1. The highest BCUT2D eigenvalue weighted by molar-refractivity contribution is 9.10. The number of hydrogen-bond donors (Lipinski definition) is 0. The SMILES string of the molecule is Cc1ccc(Br)c2nc(Cl)nc(Cl)c12. The van der Waals surface area contributed by atoms with Gasteiger partial charge in [0.1, 0.15) is 5.15 Å². The molecule has 1 aromatic carbocycles. The lowest BCUT2D eigenvalue weighted by atomic mass is 10.1. The van der Waals surface area contributed by atoms with Gasteiger partial charge in [-0.3, -0.25) is 0 Å². The monoisotopic (exact) mass is 290 g/mol. The van der Waals surface area contributed by atoms with Gasteiger partial charge >= 0.3 is 0 Å². The Balaban J connectivity index is 3.00. The van der Waals surface area contributed by atoms with Gasteiger partial charge in [-0.05, 0) is 46.1 Å². The average Bonchev–Trinajstić information content (AvgIpc) is 2.10. The molecule has 5 heteroatoms. The van der Waals surface area contributed by atoms with Crippen LogP contribution in [-0.2, 0) is 0 Å². The molecule has 2 aromatic rings. The van der Waals surface area contributed by atoms with Crippen LogP contribution in [0, 0.1) is 6.92 Å². The van der Waals surface area contributed by atoms with Crippen LogP contribution in [0.1, 0.15) is 5.56 Å². The summed E-state index contributed by atoms with van der Waals surface area (Å²) in [5.74, 6) is 0. The number of aryl methyl sites for hydroxylation is 1. The Morgan fingerprint density at radius 1 is 1.21 bits per heavy atom. The van der Waals surface area contributed by atoms with Crippen LogP contribution >= 0.6 is 39.1 Å². The molecule has 0 bridgehead atoms. The number of rotatable bonds is 0. The number of aromatic nitrogens is 2. The van der Waals surface area contributed by atoms with E-state index in [2.05, 4.69) is 25.9 Å². The molecule has 0 radical (unpaired) electrons. The minimum absolute atomic E-state index is 0.161. The molecular weight excluding hydrogens is 287 g/mol. The second kappa shape index (κ2) is 3.65. The van der Waals surface area contributed by atoms with E-state index in [1.165, 1.54) is 0 Å². The van der Waals surface area contributed by atoms with Crippen LogP contribution in [0.5, 0.6) is 0 Å². The van der Waals surface area contributed by atoms with E-state index < -0.39 is 0 Å². The Labute approximate surface area is 99.4 Å². The molecule has 1 aromatic heterocycles. The summed E-state index contributed by atoms with van der Waals surface area (Å²) in [6.07, 6.45) is 0. The summed E-state index contributed by atoms with van der Waals surface area (Å²) in [7, 11) is 0. The molecule has 0 saturated carbocycles. The topological polar surface area (TPSA) is 25.8 Å². The summed E-state index contributed by atoms with van der Waals surface area (Å²) in [5, 5.41) is 1.39. The van der Waals surface area contributed by atoms with Crippen molar-refractivity contribution in [2.75, 3.05) is 0 Å². The molecule has 0 aliphatic rings. The van der Waals surface area contributed by atoms with Crippen LogP contribution in [0.3, 0.4) is 0 Å². The van der Waals surface area contributed by atoms with E-state index in [9.17, 15) is 0 Å². The van der Waals surface area contributed by atoms with Crippen molar-refractivity contribution in [3.63, 3.8) is 0 Å². The Morgan fingerprint density at radius 2 is 1.93 bits per heavy atom. The van der Waals surface area contributed by atoms with Gasteiger partial charge in [0.05, 0.1) is 5.52 Å². The number of hydrogen-bond acceptors (Lipinski definition) is 2. The highest BCUT2D eigenvalue weighted by atomic mass is 79.9. The smallest absolute Gasteiger partial charge is 0.217 e. The first-order chi connectivity index (χ1) is 6.59. The maximum absolute atomic E-state index is 5.98. The number of benzene rings is 1. The molecule has 1 heterocycles. The summed E-state index contributed by atoms with van der Waals surface area (Å²) in [6.45, 7) is 1.96. The van der Waals surface area contributed by atoms with E-state index in [0.717, 1.165) is 20.9 Å². The third-order valence-electron chi connectivity index (χ3n) is 1.94. The summed E-state index contributed by atoms with van der Waals surface area (Å²) < 4.78 is 0.865. The Bertz CT molecular complexity index is 514.